The number of methoxy groups -OCH3 is 1. The Labute approximate surface area is 111 Å². The molecule has 0 aliphatic heterocycles. The third-order valence-corrected chi connectivity index (χ3v) is 2.74. The minimum absolute atomic E-state index is 0.0652. The predicted octanol–water partition coefficient (Wildman–Crippen LogP) is 2.69. The fraction of sp³-hybridized carbons (Fsp3) is 0.286. The van der Waals surface area contributed by atoms with Crippen LogP contribution >= 0.6 is 0 Å². The van der Waals surface area contributed by atoms with Crippen LogP contribution in [0, 0.1) is 0 Å². The van der Waals surface area contributed by atoms with Crippen LogP contribution in [-0.2, 0) is 0 Å². The molecule has 0 fully saturated rings. The van der Waals surface area contributed by atoms with E-state index in [1.54, 1.807) is 0 Å². The molecule has 19 heavy (non-hydrogen) atoms. The molecule has 0 unspecified atom stereocenters. The Morgan fingerprint density at radius 3 is 2.47 bits per heavy atom. The van der Waals surface area contributed by atoms with Crippen LogP contribution < -0.4 is 15.0 Å². The van der Waals surface area contributed by atoms with Crippen LogP contribution in [0.15, 0.2) is 35.4 Å². The van der Waals surface area contributed by atoms with E-state index in [1.165, 1.54) is 19.0 Å². The number of H-pyrrole nitrogens is 1. The Bertz CT molecular complexity index is 603. The van der Waals surface area contributed by atoms with E-state index >= 15 is 0 Å². The topological polar surface area (TPSA) is 64.2 Å². The maximum Gasteiger partial charge on any atom is 0.297 e. The molecule has 0 amide bonds. The highest BCUT2D eigenvalue weighted by atomic mass is 16.5. The molecule has 0 aliphatic rings. The third-order valence-electron chi connectivity index (χ3n) is 2.74. The molecule has 0 aliphatic carbocycles. The standard InChI is InChI=1S/C14H16N2O3/c1-9(2)10-4-6-11(7-5-10)19-14-12(18-3)13(17)15-8-16-14/h4-9H,1-3H3,(H,15,16,17). The summed E-state index contributed by atoms with van der Waals surface area (Å²) >= 11 is 0. The van der Waals surface area contributed by atoms with Crippen molar-refractivity contribution in [2.75, 3.05) is 7.11 Å². The van der Waals surface area contributed by atoms with Crippen molar-refractivity contribution in [1.29, 1.82) is 0 Å². The van der Waals surface area contributed by atoms with Gasteiger partial charge in [0.1, 0.15) is 5.75 Å². The highest BCUT2D eigenvalue weighted by Gasteiger charge is 2.11. The summed E-state index contributed by atoms with van der Waals surface area (Å²) in [7, 11) is 1.40. The quantitative estimate of drug-likeness (QED) is 0.918. The number of rotatable bonds is 4. The molecule has 1 heterocycles. The van der Waals surface area contributed by atoms with E-state index < -0.39 is 0 Å². The molecular formula is C14H16N2O3. The molecular weight excluding hydrogens is 244 g/mol. The molecule has 0 spiro atoms. The summed E-state index contributed by atoms with van der Waals surface area (Å²) in [6.45, 7) is 4.24. The Hall–Kier alpha value is -2.30. The van der Waals surface area contributed by atoms with Crippen molar-refractivity contribution in [3.05, 3.63) is 46.5 Å². The van der Waals surface area contributed by atoms with E-state index in [0.717, 1.165) is 0 Å². The van der Waals surface area contributed by atoms with Gasteiger partial charge in [-0.25, -0.2) is 4.98 Å². The molecule has 1 N–H and O–H groups in total. The first-order valence-electron chi connectivity index (χ1n) is 6.01. The first-order valence-corrected chi connectivity index (χ1v) is 6.01. The van der Waals surface area contributed by atoms with Crippen molar-refractivity contribution in [2.24, 2.45) is 0 Å². The molecule has 0 radical (unpaired) electrons. The summed E-state index contributed by atoms with van der Waals surface area (Å²) in [5, 5.41) is 0. The average molecular weight is 260 g/mol. The van der Waals surface area contributed by atoms with Crippen LogP contribution in [0.2, 0.25) is 0 Å². The van der Waals surface area contributed by atoms with Gasteiger partial charge in [-0.15, -0.1) is 0 Å². The van der Waals surface area contributed by atoms with Crippen LogP contribution in [0.3, 0.4) is 0 Å². The molecule has 0 saturated carbocycles. The van der Waals surface area contributed by atoms with E-state index in [1.807, 2.05) is 24.3 Å². The van der Waals surface area contributed by atoms with Gasteiger partial charge in [0.25, 0.3) is 11.4 Å². The lowest BCUT2D eigenvalue weighted by molar-refractivity contribution is 0.363. The van der Waals surface area contributed by atoms with Crippen LogP contribution in [0.5, 0.6) is 17.4 Å². The molecule has 0 bridgehead atoms. The van der Waals surface area contributed by atoms with Crippen LogP contribution in [0.1, 0.15) is 25.3 Å². The molecule has 2 rings (SSSR count). The van der Waals surface area contributed by atoms with Crippen molar-refractivity contribution < 1.29 is 9.47 Å². The van der Waals surface area contributed by atoms with Crippen molar-refractivity contribution in [3.8, 4) is 17.4 Å². The normalized spacial score (nSPS) is 10.5. The summed E-state index contributed by atoms with van der Waals surface area (Å²) < 4.78 is 10.5. The van der Waals surface area contributed by atoms with Crippen LogP contribution in [0.25, 0.3) is 0 Å². The number of hydrogen-bond acceptors (Lipinski definition) is 4. The Balaban J connectivity index is 2.26. The van der Waals surface area contributed by atoms with E-state index in [2.05, 4.69) is 23.8 Å². The van der Waals surface area contributed by atoms with Gasteiger partial charge in [-0.2, -0.15) is 0 Å². The van der Waals surface area contributed by atoms with E-state index in [-0.39, 0.29) is 17.2 Å². The maximum atomic E-state index is 11.5. The first kappa shape index (κ1) is 13.1. The lowest BCUT2D eigenvalue weighted by Crippen LogP contribution is -2.10. The minimum Gasteiger partial charge on any atom is -0.487 e. The van der Waals surface area contributed by atoms with Crippen LogP contribution in [0.4, 0.5) is 0 Å². The molecule has 2 aromatic rings. The fourth-order valence-electron chi connectivity index (χ4n) is 1.66. The zero-order valence-electron chi connectivity index (χ0n) is 11.1. The van der Waals surface area contributed by atoms with Crippen molar-refractivity contribution in [1.82, 2.24) is 9.97 Å². The Kier molecular flexibility index (Phi) is 3.85. The van der Waals surface area contributed by atoms with E-state index in [4.69, 9.17) is 9.47 Å². The van der Waals surface area contributed by atoms with Gasteiger partial charge in [-0.1, -0.05) is 26.0 Å². The van der Waals surface area contributed by atoms with Gasteiger partial charge in [-0.3, -0.25) is 4.79 Å². The van der Waals surface area contributed by atoms with E-state index in [9.17, 15) is 4.79 Å². The first-order chi connectivity index (χ1) is 9.11. The number of ether oxygens (including phenoxy) is 2. The smallest absolute Gasteiger partial charge is 0.297 e. The highest BCUT2D eigenvalue weighted by Crippen LogP contribution is 2.26. The maximum absolute atomic E-state index is 11.5. The van der Waals surface area contributed by atoms with Gasteiger partial charge < -0.3 is 14.5 Å². The lowest BCUT2D eigenvalue weighted by Gasteiger charge is -2.09. The number of aromatic nitrogens is 2. The second-order valence-corrected chi connectivity index (χ2v) is 4.40. The summed E-state index contributed by atoms with van der Waals surface area (Å²) in [4.78, 5) is 17.9. The second kappa shape index (κ2) is 5.56. The van der Waals surface area contributed by atoms with Crippen molar-refractivity contribution >= 4 is 0 Å². The molecule has 1 aromatic heterocycles. The molecule has 0 saturated heterocycles. The largest absolute Gasteiger partial charge is 0.487 e. The van der Waals surface area contributed by atoms with Gasteiger partial charge in [0.05, 0.1) is 13.4 Å². The van der Waals surface area contributed by atoms with Gasteiger partial charge in [-0.05, 0) is 23.6 Å². The number of hydrogen-bond donors (Lipinski definition) is 1. The zero-order chi connectivity index (χ0) is 13.8. The summed E-state index contributed by atoms with van der Waals surface area (Å²) in [6, 6.07) is 7.66. The molecule has 5 heteroatoms. The molecule has 1 aromatic carbocycles. The fourth-order valence-corrected chi connectivity index (χ4v) is 1.66. The number of benzene rings is 1. The average Bonchev–Trinajstić information content (AvgIpc) is 2.39. The molecule has 100 valence electrons. The highest BCUT2D eigenvalue weighted by molar-refractivity contribution is 5.36. The molecule has 0 atom stereocenters. The van der Waals surface area contributed by atoms with Crippen molar-refractivity contribution in [2.45, 2.75) is 19.8 Å². The van der Waals surface area contributed by atoms with Crippen LogP contribution in [-0.4, -0.2) is 17.1 Å². The predicted molar refractivity (Wildman–Crippen MR) is 72.0 cm³/mol. The number of aromatic amines is 1. The number of nitrogens with zero attached hydrogens (tertiary/aromatic N) is 1. The van der Waals surface area contributed by atoms with Gasteiger partial charge in [0, 0.05) is 0 Å². The zero-order valence-corrected chi connectivity index (χ0v) is 11.1. The Morgan fingerprint density at radius 2 is 1.89 bits per heavy atom. The van der Waals surface area contributed by atoms with Gasteiger partial charge in [0.15, 0.2) is 0 Å². The summed E-state index contributed by atoms with van der Waals surface area (Å²) in [6.07, 6.45) is 1.28. The monoisotopic (exact) mass is 260 g/mol. The third kappa shape index (κ3) is 2.93. The second-order valence-electron chi connectivity index (χ2n) is 4.40. The summed E-state index contributed by atoms with van der Waals surface area (Å²) in [5.74, 6) is 1.29. The Morgan fingerprint density at radius 1 is 1.21 bits per heavy atom. The van der Waals surface area contributed by atoms with Crippen molar-refractivity contribution in [3.63, 3.8) is 0 Å². The van der Waals surface area contributed by atoms with E-state index in [0.29, 0.717) is 11.7 Å². The SMILES string of the molecule is COc1c(Oc2ccc(C(C)C)cc2)nc[nH]c1=O. The summed E-state index contributed by atoms with van der Waals surface area (Å²) in [5.41, 5.74) is 0.851. The van der Waals surface area contributed by atoms with Gasteiger partial charge in [0.2, 0.25) is 5.75 Å². The minimum atomic E-state index is -0.369. The molecule has 5 nitrogen and oxygen atoms in total. The number of nitrogens with one attached hydrogen (secondary N) is 1. The lowest BCUT2D eigenvalue weighted by atomic mass is 10.0. The van der Waals surface area contributed by atoms with Gasteiger partial charge >= 0.3 is 0 Å².